The molecule has 1 aromatic rings. The lowest BCUT2D eigenvalue weighted by atomic mass is 9.95. The van der Waals surface area contributed by atoms with Gasteiger partial charge in [0.15, 0.2) is 0 Å². The first kappa shape index (κ1) is 12.0. The highest BCUT2D eigenvalue weighted by molar-refractivity contribution is 5.94. The van der Waals surface area contributed by atoms with Gasteiger partial charge in [0.2, 0.25) is 0 Å². The highest BCUT2D eigenvalue weighted by atomic mass is 16.2. The monoisotopic (exact) mass is 234 g/mol. The first-order valence-electron chi connectivity index (χ1n) is 6.03. The average molecular weight is 234 g/mol. The molecule has 0 aromatic carbocycles. The molecule has 2 atom stereocenters. The number of carbonyl (C=O) groups is 1. The summed E-state index contributed by atoms with van der Waals surface area (Å²) < 4.78 is 0. The highest BCUT2D eigenvalue weighted by Crippen LogP contribution is 2.24. The maximum absolute atomic E-state index is 12.4. The summed E-state index contributed by atoms with van der Waals surface area (Å²) >= 11 is 0. The van der Waals surface area contributed by atoms with Gasteiger partial charge in [0, 0.05) is 18.6 Å². The van der Waals surface area contributed by atoms with Gasteiger partial charge in [-0.05, 0) is 32.3 Å². The molecule has 92 valence electrons. The molecule has 1 amide bonds. The van der Waals surface area contributed by atoms with E-state index >= 15 is 0 Å². The fourth-order valence-corrected chi connectivity index (χ4v) is 2.45. The van der Waals surface area contributed by atoms with E-state index in [1.807, 2.05) is 4.90 Å². The van der Waals surface area contributed by atoms with Gasteiger partial charge in [-0.3, -0.25) is 4.79 Å². The second kappa shape index (κ2) is 5.23. The highest BCUT2D eigenvalue weighted by Gasteiger charge is 2.31. The predicted octanol–water partition coefficient (Wildman–Crippen LogP) is 0.818. The number of nitrogens with zero attached hydrogens (tertiary/aromatic N) is 3. The van der Waals surface area contributed by atoms with Gasteiger partial charge in [0.25, 0.3) is 5.91 Å². The molecule has 0 radical (unpaired) electrons. The van der Waals surface area contributed by atoms with Gasteiger partial charge >= 0.3 is 0 Å². The van der Waals surface area contributed by atoms with E-state index in [1.165, 1.54) is 6.20 Å². The normalized spacial score (nSPS) is 24.7. The summed E-state index contributed by atoms with van der Waals surface area (Å²) in [5.41, 5.74) is 6.34. The largest absolute Gasteiger partial charge is 0.332 e. The molecule has 5 nitrogen and oxygen atoms in total. The summed E-state index contributed by atoms with van der Waals surface area (Å²) in [6.45, 7) is 2.60. The summed E-state index contributed by atoms with van der Waals surface area (Å²) in [7, 11) is 0. The van der Waals surface area contributed by atoms with Gasteiger partial charge in [-0.2, -0.15) is 10.2 Å². The maximum atomic E-state index is 12.4. The topological polar surface area (TPSA) is 72.1 Å². The van der Waals surface area contributed by atoms with Crippen molar-refractivity contribution < 1.29 is 4.79 Å². The Labute approximate surface area is 101 Å². The van der Waals surface area contributed by atoms with Crippen LogP contribution in [0.5, 0.6) is 0 Å². The summed E-state index contributed by atoms with van der Waals surface area (Å²) in [5.74, 6) is 0.0163. The zero-order chi connectivity index (χ0) is 12.3. The molecule has 2 heterocycles. The summed E-state index contributed by atoms with van der Waals surface area (Å²) in [4.78, 5) is 14.3. The third kappa shape index (κ3) is 2.44. The average Bonchev–Trinajstić information content (AvgIpc) is 2.38. The summed E-state index contributed by atoms with van der Waals surface area (Å²) in [6.07, 6.45) is 6.23. The van der Waals surface area contributed by atoms with Gasteiger partial charge in [-0.25, -0.2) is 0 Å². The van der Waals surface area contributed by atoms with Gasteiger partial charge in [0.1, 0.15) is 0 Å². The molecule has 1 aromatic heterocycles. The SMILES string of the molecule is CC1CCCC(CN)N1C(=O)c1ccnnc1. The third-order valence-corrected chi connectivity index (χ3v) is 3.37. The zero-order valence-electron chi connectivity index (χ0n) is 10.0. The van der Waals surface area contributed by atoms with Crippen molar-refractivity contribution in [3.05, 3.63) is 24.0 Å². The van der Waals surface area contributed by atoms with E-state index in [0.717, 1.165) is 19.3 Å². The van der Waals surface area contributed by atoms with Crippen molar-refractivity contribution in [1.29, 1.82) is 0 Å². The molecule has 0 spiro atoms. The lowest BCUT2D eigenvalue weighted by Crippen LogP contribution is -2.51. The van der Waals surface area contributed by atoms with Gasteiger partial charge in [0.05, 0.1) is 18.0 Å². The van der Waals surface area contributed by atoms with Crippen LogP contribution in [0.15, 0.2) is 18.5 Å². The zero-order valence-corrected chi connectivity index (χ0v) is 10.0. The van der Waals surface area contributed by atoms with Crippen molar-refractivity contribution in [2.24, 2.45) is 5.73 Å². The van der Waals surface area contributed by atoms with Crippen molar-refractivity contribution >= 4 is 5.91 Å². The lowest BCUT2D eigenvalue weighted by molar-refractivity contribution is 0.0493. The molecule has 1 saturated heterocycles. The molecule has 2 N–H and O–H groups in total. The smallest absolute Gasteiger partial charge is 0.256 e. The molecular weight excluding hydrogens is 216 g/mol. The number of piperidine rings is 1. The Bertz CT molecular complexity index is 381. The van der Waals surface area contributed by atoms with Crippen molar-refractivity contribution in [1.82, 2.24) is 15.1 Å². The molecule has 1 fully saturated rings. The van der Waals surface area contributed by atoms with Crippen molar-refractivity contribution in [3.63, 3.8) is 0 Å². The van der Waals surface area contributed by atoms with Crippen LogP contribution in [0.1, 0.15) is 36.5 Å². The molecule has 2 unspecified atom stereocenters. The van der Waals surface area contributed by atoms with Crippen LogP contribution in [0.25, 0.3) is 0 Å². The fraction of sp³-hybridized carbons (Fsp3) is 0.583. The summed E-state index contributed by atoms with van der Waals surface area (Å²) in [5, 5.41) is 7.43. The van der Waals surface area contributed by atoms with Gasteiger partial charge < -0.3 is 10.6 Å². The number of nitrogens with two attached hydrogens (primary N) is 1. The number of hydrogen-bond acceptors (Lipinski definition) is 4. The second-order valence-electron chi connectivity index (χ2n) is 4.51. The van der Waals surface area contributed by atoms with E-state index in [1.54, 1.807) is 12.3 Å². The Morgan fingerprint density at radius 2 is 2.35 bits per heavy atom. The number of aromatic nitrogens is 2. The standard InChI is InChI=1S/C12H18N4O/c1-9-3-2-4-11(7-13)16(9)12(17)10-5-6-14-15-8-10/h5-6,8-9,11H,2-4,7,13H2,1H3. The molecule has 17 heavy (non-hydrogen) atoms. The van der Waals surface area contributed by atoms with E-state index in [2.05, 4.69) is 17.1 Å². The molecule has 5 heteroatoms. The number of likely N-dealkylation sites (tertiary alicyclic amines) is 1. The van der Waals surface area contributed by atoms with Crippen LogP contribution >= 0.6 is 0 Å². The fourth-order valence-electron chi connectivity index (χ4n) is 2.45. The van der Waals surface area contributed by atoms with E-state index in [4.69, 9.17) is 5.73 Å². The Balaban J connectivity index is 2.21. The number of rotatable bonds is 2. The third-order valence-electron chi connectivity index (χ3n) is 3.37. The number of amides is 1. The van der Waals surface area contributed by atoms with Crippen molar-refractivity contribution in [3.8, 4) is 0 Å². The van der Waals surface area contributed by atoms with E-state index in [-0.39, 0.29) is 18.0 Å². The minimum Gasteiger partial charge on any atom is -0.332 e. The Hall–Kier alpha value is -1.49. The predicted molar refractivity (Wildman–Crippen MR) is 64.4 cm³/mol. The maximum Gasteiger partial charge on any atom is 0.256 e. The molecule has 0 saturated carbocycles. The number of hydrogen-bond donors (Lipinski definition) is 1. The van der Waals surface area contributed by atoms with Gasteiger partial charge in [-0.15, -0.1) is 0 Å². The molecule has 0 bridgehead atoms. The second-order valence-corrected chi connectivity index (χ2v) is 4.51. The van der Waals surface area contributed by atoms with Crippen LogP contribution in [-0.2, 0) is 0 Å². The molecule has 0 aliphatic carbocycles. The van der Waals surface area contributed by atoms with Gasteiger partial charge in [-0.1, -0.05) is 0 Å². The van der Waals surface area contributed by atoms with Crippen LogP contribution in [0.4, 0.5) is 0 Å². The van der Waals surface area contributed by atoms with Crippen LogP contribution < -0.4 is 5.73 Å². The Morgan fingerprint density at radius 3 is 3.00 bits per heavy atom. The Morgan fingerprint density at radius 1 is 1.53 bits per heavy atom. The molecular formula is C12H18N4O. The first-order chi connectivity index (χ1) is 8.24. The quantitative estimate of drug-likeness (QED) is 0.822. The van der Waals surface area contributed by atoms with E-state index in [9.17, 15) is 4.79 Å². The number of carbonyl (C=O) groups excluding carboxylic acids is 1. The lowest BCUT2D eigenvalue weighted by Gasteiger charge is -2.40. The van der Waals surface area contributed by atoms with E-state index < -0.39 is 0 Å². The van der Waals surface area contributed by atoms with Crippen LogP contribution in [0.2, 0.25) is 0 Å². The van der Waals surface area contributed by atoms with Crippen LogP contribution in [0, 0.1) is 0 Å². The Kier molecular flexibility index (Phi) is 3.68. The minimum absolute atomic E-state index is 0.0163. The van der Waals surface area contributed by atoms with Crippen molar-refractivity contribution in [2.45, 2.75) is 38.3 Å². The van der Waals surface area contributed by atoms with E-state index in [0.29, 0.717) is 12.1 Å². The minimum atomic E-state index is 0.0163. The van der Waals surface area contributed by atoms with Crippen molar-refractivity contribution in [2.75, 3.05) is 6.54 Å². The molecule has 1 aliphatic heterocycles. The van der Waals surface area contributed by atoms with Crippen LogP contribution in [-0.4, -0.2) is 39.6 Å². The molecule has 1 aliphatic rings. The summed E-state index contributed by atoms with van der Waals surface area (Å²) in [6, 6.07) is 2.10. The van der Waals surface area contributed by atoms with Crippen LogP contribution in [0.3, 0.4) is 0 Å². The first-order valence-corrected chi connectivity index (χ1v) is 6.03. The molecule has 2 rings (SSSR count).